The van der Waals surface area contributed by atoms with Crippen LogP contribution in [0.2, 0.25) is 0 Å². The van der Waals surface area contributed by atoms with Gasteiger partial charge in [0.15, 0.2) is 0 Å². The van der Waals surface area contributed by atoms with Crippen molar-refractivity contribution in [2.45, 2.75) is 31.6 Å². The number of rotatable bonds is 3. The lowest BCUT2D eigenvalue weighted by Gasteiger charge is -2.34. The van der Waals surface area contributed by atoms with Crippen molar-refractivity contribution >= 4 is 21.6 Å². The Morgan fingerprint density at radius 3 is 2.29 bits per heavy atom. The van der Waals surface area contributed by atoms with E-state index in [1.165, 1.54) is 5.56 Å². The van der Waals surface area contributed by atoms with E-state index < -0.39 is 10.0 Å². The molecule has 2 aliphatic rings. The van der Waals surface area contributed by atoms with Crippen LogP contribution in [0.15, 0.2) is 53.4 Å². The molecule has 0 spiro atoms. The summed E-state index contributed by atoms with van der Waals surface area (Å²) in [6.07, 6.45) is 1.90. The third-order valence-electron chi connectivity index (χ3n) is 5.71. The maximum Gasteiger partial charge on any atom is 0.258 e. The number of hydrogen-bond acceptors (Lipinski definition) is 3. The van der Waals surface area contributed by atoms with E-state index in [2.05, 4.69) is 13.8 Å². The van der Waals surface area contributed by atoms with Crippen LogP contribution in [0.25, 0.3) is 0 Å². The van der Waals surface area contributed by atoms with Gasteiger partial charge in [-0.05, 0) is 60.6 Å². The Hall–Kier alpha value is -2.18. The summed E-state index contributed by atoms with van der Waals surface area (Å²) in [5.41, 5.74) is 2.62. The molecule has 148 valence electrons. The molecule has 1 saturated heterocycles. The van der Waals surface area contributed by atoms with Crippen LogP contribution in [0.5, 0.6) is 0 Å². The minimum Gasteiger partial charge on any atom is -0.308 e. The molecule has 28 heavy (non-hydrogen) atoms. The van der Waals surface area contributed by atoms with Crippen molar-refractivity contribution in [1.82, 2.24) is 4.31 Å². The number of benzene rings is 2. The number of hydrogen-bond donors (Lipinski definition) is 0. The van der Waals surface area contributed by atoms with Crippen molar-refractivity contribution in [1.29, 1.82) is 0 Å². The van der Waals surface area contributed by atoms with Gasteiger partial charge in [-0.25, -0.2) is 8.42 Å². The molecule has 2 aliphatic heterocycles. The van der Waals surface area contributed by atoms with E-state index in [9.17, 15) is 13.2 Å². The van der Waals surface area contributed by atoms with Crippen molar-refractivity contribution < 1.29 is 13.2 Å². The molecule has 2 atom stereocenters. The fourth-order valence-electron chi connectivity index (χ4n) is 4.43. The normalized spacial score (nSPS) is 22.9. The van der Waals surface area contributed by atoms with Gasteiger partial charge in [0.25, 0.3) is 5.91 Å². The van der Waals surface area contributed by atoms with E-state index in [-0.39, 0.29) is 10.8 Å². The van der Waals surface area contributed by atoms with Crippen LogP contribution in [0.1, 0.15) is 36.2 Å². The van der Waals surface area contributed by atoms with Gasteiger partial charge < -0.3 is 4.90 Å². The lowest BCUT2D eigenvalue weighted by molar-refractivity contribution is 0.0989. The summed E-state index contributed by atoms with van der Waals surface area (Å²) in [5.74, 6) is 0.623. The second kappa shape index (κ2) is 7.33. The van der Waals surface area contributed by atoms with Crippen molar-refractivity contribution in [2.24, 2.45) is 11.8 Å². The summed E-state index contributed by atoms with van der Waals surface area (Å²) < 4.78 is 27.6. The van der Waals surface area contributed by atoms with Crippen molar-refractivity contribution in [2.75, 3.05) is 24.5 Å². The Kier molecular flexibility index (Phi) is 5.02. The summed E-state index contributed by atoms with van der Waals surface area (Å²) >= 11 is 0. The molecule has 1 fully saturated rings. The van der Waals surface area contributed by atoms with Gasteiger partial charge in [0.2, 0.25) is 10.0 Å². The van der Waals surface area contributed by atoms with Crippen LogP contribution < -0.4 is 4.90 Å². The Morgan fingerprint density at radius 1 is 0.964 bits per heavy atom. The molecule has 2 aromatic carbocycles. The van der Waals surface area contributed by atoms with Crippen molar-refractivity contribution in [3.8, 4) is 0 Å². The Morgan fingerprint density at radius 2 is 1.61 bits per heavy atom. The van der Waals surface area contributed by atoms with Gasteiger partial charge in [0.05, 0.1) is 4.90 Å². The zero-order valence-corrected chi connectivity index (χ0v) is 17.2. The van der Waals surface area contributed by atoms with Gasteiger partial charge in [-0.1, -0.05) is 32.0 Å². The molecular weight excluding hydrogens is 372 g/mol. The first-order chi connectivity index (χ1) is 13.4. The monoisotopic (exact) mass is 398 g/mol. The summed E-state index contributed by atoms with van der Waals surface area (Å²) in [4.78, 5) is 15.0. The van der Waals surface area contributed by atoms with Crippen LogP contribution in [-0.2, 0) is 16.4 Å². The second-order valence-electron chi connectivity index (χ2n) is 8.13. The van der Waals surface area contributed by atoms with Crippen LogP contribution in [0, 0.1) is 11.8 Å². The number of anilines is 1. The summed E-state index contributed by atoms with van der Waals surface area (Å²) in [5, 5.41) is 0. The molecule has 0 bridgehead atoms. The number of piperidine rings is 1. The molecule has 1 amide bonds. The summed E-state index contributed by atoms with van der Waals surface area (Å²) in [6, 6.07) is 14.3. The molecule has 2 heterocycles. The van der Waals surface area contributed by atoms with Gasteiger partial charge in [-0.15, -0.1) is 0 Å². The topological polar surface area (TPSA) is 57.7 Å². The molecule has 0 N–H and O–H groups in total. The summed E-state index contributed by atoms with van der Waals surface area (Å²) in [6.45, 7) is 5.94. The molecule has 4 rings (SSSR count). The molecule has 0 aliphatic carbocycles. The highest BCUT2D eigenvalue weighted by atomic mass is 32.2. The third kappa shape index (κ3) is 3.47. The Balaban J connectivity index is 1.55. The van der Waals surface area contributed by atoms with Crippen LogP contribution in [0.4, 0.5) is 5.69 Å². The largest absolute Gasteiger partial charge is 0.308 e. The number of amides is 1. The zero-order valence-electron chi connectivity index (χ0n) is 16.3. The minimum atomic E-state index is -3.53. The molecule has 0 aromatic heterocycles. The van der Waals surface area contributed by atoms with Crippen LogP contribution in [0.3, 0.4) is 0 Å². The zero-order chi connectivity index (χ0) is 19.9. The fourth-order valence-corrected chi connectivity index (χ4v) is 6.11. The quantitative estimate of drug-likeness (QED) is 0.794. The number of fused-ring (bicyclic) bond motifs is 1. The molecule has 6 heteroatoms. The highest BCUT2D eigenvalue weighted by Crippen LogP contribution is 2.30. The molecule has 0 saturated carbocycles. The average molecular weight is 399 g/mol. The van der Waals surface area contributed by atoms with E-state index >= 15 is 0 Å². The molecule has 0 unspecified atom stereocenters. The first-order valence-corrected chi connectivity index (χ1v) is 11.3. The average Bonchev–Trinajstić information content (AvgIpc) is 3.11. The van der Waals surface area contributed by atoms with Gasteiger partial charge in [-0.3, -0.25) is 4.79 Å². The van der Waals surface area contributed by atoms with Gasteiger partial charge >= 0.3 is 0 Å². The van der Waals surface area contributed by atoms with E-state index in [0.29, 0.717) is 37.0 Å². The first kappa shape index (κ1) is 19.2. The van der Waals surface area contributed by atoms with Gasteiger partial charge in [0, 0.05) is 30.9 Å². The predicted molar refractivity (Wildman–Crippen MR) is 110 cm³/mol. The number of sulfonamides is 1. The van der Waals surface area contributed by atoms with E-state index in [1.807, 2.05) is 24.3 Å². The second-order valence-corrected chi connectivity index (χ2v) is 10.1. The van der Waals surface area contributed by atoms with E-state index in [4.69, 9.17) is 0 Å². The smallest absolute Gasteiger partial charge is 0.258 e. The van der Waals surface area contributed by atoms with Gasteiger partial charge in [-0.2, -0.15) is 4.31 Å². The van der Waals surface area contributed by atoms with E-state index in [0.717, 1.165) is 18.5 Å². The van der Waals surface area contributed by atoms with Crippen molar-refractivity contribution in [3.05, 3.63) is 59.7 Å². The molecule has 2 aromatic rings. The molecular formula is C22H26N2O3S. The highest BCUT2D eigenvalue weighted by molar-refractivity contribution is 7.89. The maximum atomic E-state index is 13.0. The molecule has 0 radical (unpaired) electrons. The number of nitrogens with zero attached hydrogens (tertiary/aromatic N) is 2. The summed E-state index contributed by atoms with van der Waals surface area (Å²) in [7, 11) is -3.53. The highest BCUT2D eigenvalue weighted by Gasteiger charge is 2.32. The Bertz CT molecular complexity index is 975. The fraction of sp³-hybridized carbons (Fsp3) is 0.409. The van der Waals surface area contributed by atoms with Crippen molar-refractivity contribution in [3.63, 3.8) is 0 Å². The lowest BCUT2D eigenvalue weighted by Crippen LogP contribution is -2.42. The first-order valence-electron chi connectivity index (χ1n) is 9.86. The number of para-hydroxylation sites is 1. The van der Waals surface area contributed by atoms with E-state index in [1.54, 1.807) is 33.5 Å². The van der Waals surface area contributed by atoms with Gasteiger partial charge in [0.1, 0.15) is 0 Å². The van der Waals surface area contributed by atoms with Crippen LogP contribution in [-0.4, -0.2) is 38.3 Å². The van der Waals surface area contributed by atoms with Crippen LogP contribution >= 0.6 is 0 Å². The maximum absolute atomic E-state index is 13.0. The third-order valence-corrected chi connectivity index (χ3v) is 7.55. The lowest BCUT2D eigenvalue weighted by atomic mass is 9.94. The number of carbonyl (C=O) groups excluding carboxylic acids is 1. The Labute approximate surface area is 167 Å². The number of carbonyl (C=O) groups is 1. The SMILES string of the molecule is C[C@H]1C[C@H](C)CN(S(=O)(=O)c2ccc(C(=O)N3CCc4ccccc43)cc2)C1. The molecule has 5 nitrogen and oxygen atoms in total. The predicted octanol–water partition coefficient (Wildman–Crippen LogP) is 3.56. The minimum absolute atomic E-state index is 0.0888. The standard InChI is InChI=1S/C22H26N2O3S/c1-16-13-17(2)15-23(14-16)28(26,27)20-9-7-19(8-10-20)22(25)24-12-11-18-5-3-4-6-21(18)24/h3-10,16-17H,11-15H2,1-2H3/t16-,17-/m0/s1.